The highest BCUT2D eigenvalue weighted by Gasteiger charge is 2.24. The van der Waals surface area contributed by atoms with Crippen LogP contribution in [0.25, 0.3) is 0 Å². The lowest BCUT2D eigenvalue weighted by atomic mass is 10.1. The van der Waals surface area contributed by atoms with Gasteiger partial charge in [0.2, 0.25) is 0 Å². The van der Waals surface area contributed by atoms with E-state index in [9.17, 15) is 0 Å². The van der Waals surface area contributed by atoms with E-state index in [-0.39, 0.29) is 0 Å². The Bertz CT molecular complexity index is 470. The van der Waals surface area contributed by atoms with Gasteiger partial charge in [0, 0.05) is 12.5 Å². The standard InChI is InChI=1S/C17H23NO/c1-3-5-6-13-19-17-9-7-8-14-15(17)10-11-16(14)18-12-4-2/h7-9,16,18H,4,6,10-13H2,1-2H3. The van der Waals surface area contributed by atoms with Crippen LogP contribution in [0.2, 0.25) is 0 Å². The topological polar surface area (TPSA) is 21.3 Å². The van der Waals surface area contributed by atoms with Crippen molar-refractivity contribution in [2.75, 3.05) is 13.2 Å². The molecule has 1 N–H and O–H groups in total. The van der Waals surface area contributed by atoms with Crippen LogP contribution < -0.4 is 10.1 Å². The van der Waals surface area contributed by atoms with Gasteiger partial charge in [-0.1, -0.05) is 19.1 Å². The monoisotopic (exact) mass is 257 g/mol. The maximum Gasteiger partial charge on any atom is 0.122 e. The van der Waals surface area contributed by atoms with E-state index in [0.717, 1.165) is 25.1 Å². The van der Waals surface area contributed by atoms with Gasteiger partial charge in [0.1, 0.15) is 5.75 Å². The molecule has 0 aliphatic heterocycles. The van der Waals surface area contributed by atoms with Crippen LogP contribution in [0, 0.1) is 11.8 Å². The van der Waals surface area contributed by atoms with Crippen molar-refractivity contribution in [2.24, 2.45) is 0 Å². The molecule has 0 fully saturated rings. The SMILES string of the molecule is CC#CCCOc1cccc2c1CCC2NCCC. The first-order valence-corrected chi connectivity index (χ1v) is 7.24. The van der Waals surface area contributed by atoms with Crippen molar-refractivity contribution >= 4 is 0 Å². The third kappa shape index (κ3) is 3.52. The second-order valence-electron chi connectivity index (χ2n) is 4.89. The Hall–Kier alpha value is -1.46. The van der Waals surface area contributed by atoms with Crippen LogP contribution in [0.15, 0.2) is 18.2 Å². The molecule has 0 radical (unpaired) electrons. The van der Waals surface area contributed by atoms with E-state index in [1.54, 1.807) is 0 Å². The highest BCUT2D eigenvalue weighted by atomic mass is 16.5. The molecule has 0 saturated heterocycles. The quantitative estimate of drug-likeness (QED) is 0.622. The first kappa shape index (κ1) is 14.0. The van der Waals surface area contributed by atoms with Crippen molar-refractivity contribution in [1.29, 1.82) is 0 Å². The molecule has 0 aromatic heterocycles. The number of benzene rings is 1. The van der Waals surface area contributed by atoms with E-state index in [1.165, 1.54) is 24.0 Å². The van der Waals surface area contributed by atoms with Crippen LogP contribution in [-0.4, -0.2) is 13.2 Å². The molecule has 1 aliphatic carbocycles. The molecule has 1 aliphatic rings. The molecule has 2 nitrogen and oxygen atoms in total. The van der Waals surface area contributed by atoms with E-state index in [0.29, 0.717) is 12.6 Å². The summed E-state index contributed by atoms with van der Waals surface area (Å²) in [5.41, 5.74) is 2.81. The van der Waals surface area contributed by atoms with Crippen molar-refractivity contribution in [3.8, 4) is 17.6 Å². The van der Waals surface area contributed by atoms with Crippen LogP contribution in [0.3, 0.4) is 0 Å². The summed E-state index contributed by atoms with van der Waals surface area (Å²) in [6.45, 7) is 5.84. The van der Waals surface area contributed by atoms with E-state index in [1.807, 2.05) is 6.92 Å². The van der Waals surface area contributed by atoms with Crippen molar-refractivity contribution in [3.05, 3.63) is 29.3 Å². The van der Waals surface area contributed by atoms with Crippen LogP contribution in [-0.2, 0) is 6.42 Å². The maximum absolute atomic E-state index is 5.87. The minimum atomic E-state index is 0.508. The number of ether oxygens (including phenoxy) is 1. The number of nitrogens with one attached hydrogen (secondary N) is 1. The van der Waals surface area contributed by atoms with Gasteiger partial charge in [-0.25, -0.2) is 0 Å². The van der Waals surface area contributed by atoms with Crippen molar-refractivity contribution in [1.82, 2.24) is 5.32 Å². The molecule has 0 heterocycles. The Labute approximate surface area is 116 Å². The highest BCUT2D eigenvalue weighted by molar-refractivity contribution is 5.45. The molecule has 0 bridgehead atoms. The molecule has 2 rings (SSSR count). The lowest BCUT2D eigenvalue weighted by Gasteiger charge is -2.14. The lowest BCUT2D eigenvalue weighted by Crippen LogP contribution is -2.19. The van der Waals surface area contributed by atoms with Crippen LogP contribution in [0.5, 0.6) is 5.75 Å². The van der Waals surface area contributed by atoms with Crippen LogP contribution >= 0.6 is 0 Å². The van der Waals surface area contributed by atoms with Gasteiger partial charge >= 0.3 is 0 Å². The second kappa shape index (κ2) is 7.21. The van der Waals surface area contributed by atoms with Crippen LogP contribution in [0.4, 0.5) is 0 Å². The molecule has 19 heavy (non-hydrogen) atoms. The fraction of sp³-hybridized carbons (Fsp3) is 0.529. The largest absolute Gasteiger partial charge is 0.492 e. The summed E-state index contributed by atoms with van der Waals surface area (Å²) in [4.78, 5) is 0. The predicted octanol–water partition coefficient (Wildman–Crippen LogP) is 3.47. The Morgan fingerprint density at radius 2 is 2.32 bits per heavy atom. The molecule has 1 aromatic rings. The summed E-state index contributed by atoms with van der Waals surface area (Å²) in [5.74, 6) is 6.98. The van der Waals surface area contributed by atoms with Crippen molar-refractivity contribution < 1.29 is 4.74 Å². The average Bonchev–Trinajstić information content (AvgIpc) is 2.85. The zero-order chi connectivity index (χ0) is 13.5. The molecule has 0 spiro atoms. The molecule has 0 saturated carbocycles. The summed E-state index contributed by atoms with van der Waals surface area (Å²) in [6, 6.07) is 6.93. The number of hydrogen-bond acceptors (Lipinski definition) is 2. The van der Waals surface area contributed by atoms with E-state index >= 15 is 0 Å². The van der Waals surface area contributed by atoms with Crippen LogP contribution in [0.1, 0.15) is 50.3 Å². The first-order valence-electron chi connectivity index (χ1n) is 7.24. The Kier molecular flexibility index (Phi) is 5.30. The molecule has 2 heteroatoms. The summed E-state index contributed by atoms with van der Waals surface area (Å²) < 4.78 is 5.87. The molecule has 1 aromatic carbocycles. The summed E-state index contributed by atoms with van der Waals surface area (Å²) in [7, 11) is 0. The van der Waals surface area contributed by atoms with Gasteiger partial charge in [0.05, 0.1) is 6.61 Å². The highest BCUT2D eigenvalue weighted by Crippen LogP contribution is 2.36. The van der Waals surface area contributed by atoms with Gasteiger partial charge in [0.15, 0.2) is 0 Å². The summed E-state index contributed by atoms with van der Waals surface area (Å²) in [6.07, 6.45) is 4.28. The lowest BCUT2D eigenvalue weighted by molar-refractivity contribution is 0.324. The van der Waals surface area contributed by atoms with Gasteiger partial charge in [-0.15, -0.1) is 11.8 Å². The zero-order valence-electron chi connectivity index (χ0n) is 12.0. The molecule has 0 amide bonds. The third-order valence-corrected chi connectivity index (χ3v) is 3.53. The van der Waals surface area contributed by atoms with Gasteiger partial charge in [0.25, 0.3) is 0 Å². The first-order chi connectivity index (χ1) is 9.36. The van der Waals surface area contributed by atoms with Gasteiger partial charge in [-0.05, 0) is 49.9 Å². The van der Waals surface area contributed by atoms with E-state index in [2.05, 4.69) is 42.3 Å². The molecular formula is C17H23NO. The van der Waals surface area contributed by atoms with Gasteiger partial charge in [-0.2, -0.15) is 0 Å². The Balaban J connectivity index is 2.02. The van der Waals surface area contributed by atoms with Gasteiger partial charge in [-0.3, -0.25) is 0 Å². The Morgan fingerprint density at radius 3 is 3.11 bits per heavy atom. The zero-order valence-corrected chi connectivity index (χ0v) is 12.0. The number of hydrogen-bond donors (Lipinski definition) is 1. The Morgan fingerprint density at radius 1 is 1.42 bits per heavy atom. The third-order valence-electron chi connectivity index (χ3n) is 3.53. The fourth-order valence-corrected chi connectivity index (χ4v) is 2.62. The predicted molar refractivity (Wildman–Crippen MR) is 79.4 cm³/mol. The minimum Gasteiger partial charge on any atom is -0.492 e. The summed E-state index contributed by atoms with van der Waals surface area (Å²) in [5, 5.41) is 3.61. The smallest absolute Gasteiger partial charge is 0.122 e. The van der Waals surface area contributed by atoms with Gasteiger partial charge < -0.3 is 10.1 Å². The normalized spacial score (nSPS) is 16.6. The number of fused-ring (bicyclic) bond motifs is 1. The summed E-state index contributed by atoms with van der Waals surface area (Å²) >= 11 is 0. The molecular weight excluding hydrogens is 234 g/mol. The van der Waals surface area contributed by atoms with E-state index in [4.69, 9.17) is 4.74 Å². The average molecular weight is 257 g/mol. The minimum absolute atomic E-state index is 0.508. The van der Waals surface area contributed by atoms with Crippen molar-refractivity contribution in [3.63, 3.8) is 0 Å². The fourth-order valence-electron chi connectivity index (χ4n) is 2.62. The molecule has 1 atom stereocenters. The van der Waals surface area contributed by atoms with Crippen molar-refractivity contribution in [2.45, 2.75) is 45.6 Å². The second-order valence-corrected chi connectivity index (χ2v) is 4.89. The van der Waals surface area contributed by atoms with E-state index < -0.39 is 0 Å². The molecule has 1 unspecified atom stereocenters. The molecule has 102 valence electrons. The number of rotatable bonds is 6. The maximum atomic E-state index is 5.87.